The number of fused-ring (bicyclic) bond motifs is 1. The third-order valence-electron chi connectivity index (χ3n) is 6.41. The van der Waals surface area contributed by atoms with Crippen molar-refractivity contribution in [2.24, 2.45) is 4.99 Å². The number of halogens is 1. The van der Waals surface area contributed by atoms with Gasteiger partial charge in [0.05, 0.1) is 29.5 Å². The maximum atomic E-state index is 14.0. The van der Waals surface area contributed by atoms with Crippen LogP contribution in [-0.4, -0.2) is 34.2 Å². The molecule has 0 radical (unpaired) electrons. The van der Waals surface area contributed by atoms with Gasteiger partial charge in [0.25, 0.3) is 5.56 Å². The zero-order valence-corrected chi connectivity index (χ0v) is 26.2. The van der Waals surface area contributed by atoms with E-state index in [1.807, 2.05) is 32.9 Å². The number of esters is 1. The molecule has 0 amide bonds. The summed E-state index contributed by atoms with van der Waals surface area (Å²) < 4.78 is 19.0. The minimum Gasteiger partial charge on any atom is -0.496 e. The average molecular weight is 625 g/mol. The van der Waals surface area contributed by atoms with Crippen LogP contribution in [0.25, 0.3) is 6.08 Å². The zero-order chi connectivity index (χ0) is 30.0. The standard InChI is InChI=1S/C30H29ClN4O5S2/c1-6-8-21-25(28(37)39-7-2)26(20-14-18(31)9-11-22(20)38-5)35-27(36)23(41-30(35)34-21)15-19-10-12-24(40-19)42-29-32-16(3)13-17(4)33-29/h9-15,26H,6-8H2,1-5H3/b23-15-/t26-/m0/s1. The van der Waals surface area contributed by atoms with Gasteiger partial charge in [-0.05, 0) is 75.4 Å². The Bertz CT molecular complexity index is 1850. The summed E-state index contributed by atoms with van der Waals surface area (Å²) in [4.78, 5) is 41.6. The molecule has 0 bridgehead atoms. The predicted molar refractivity (Wildman–Crippen MR) is 162 cm³/mol. The Morgan fingerprint density at radius 3 is 2.62 bits per heavy atom. The highest BCUT2D eigenvalue weighted by Gasteiger charge is 2.36. The Balaban J connectivity index is 1.65. The van der Waals surface area contributed by atoms with Crippen molar-refractivity contribution in [2.75, 3.05) is 13.7 Å². The van der Waals surface area contributed by atoms with Crippen molar-refractivity contribution in [1.82, 2.24) is 14.5 Å². The molecular weight excluding hydrogens is 596 g/mol. The van der Waals surface area contributed by atoms with Gasteiger partial charge in [-0.3, -0.25) is 9.36 Å². The second-order valence-corrected chi connectivity index (χ2v) is 11.9. The molecule has 42 heavy (non-hydrogen) atoms. The van der Waals surface area contributed by atoms with Gasteiger partial charge in [-0.1, -0.05) is 36.3 Å². The highest BCUT2D eigenvalue weighted by molar-refractivity contribution is 7.99. The van der Waals surface area contributed by atoms with Crippen LogP contribution < -0.4 is 19.6 Å². The van der Waals surface area contributed by atoms with Crippen LogP contribution in [0, 0.1) is 13.8 Å². The van der Waals surface area contributed by atoms with Crippen molar-refractivity contribution >= 4 is 46.7 Å². The van der Waals surface area contributed by atoms with E-state index in [1.54, 1.807) is 37.3 Å². The lowest BCUT2D eigenvalue weighted by Crippen LogP contribution is -2.40. The van der Waals surface area contributed by atoms with Gasteiger partial charge in [0.2, 0.25) is 0 Å². The molecule has 4 aromatic rings. The summed E-state index contributed by atoms with van der Waals surface area (Å²) in [6.07, 6.45) is 2.95. The molecule has 1 aliphatic heterocycles. The molecule has 218 valence electrons. The maximum Gasteiger partial charge on any atom is 0.338 e. The van der Waals surface area contributed by atoms with Crippen LogP contribution in [0.15, 0.2) is 72.1 Å². The molecule has 9 nitrogen and oxygen atoms in total. The van der Waals surface area contributed by atoms with Crippen molar-refractivity contribution < 1.29 is 18.7 Å². The molecule has 0 N–H and O–H groups in total. The van der Waals surface area contributed by atoms with E-state index in [9.17, 15) is 9.59 Å². The van der Waals surface area contributed by atoms with E-state index < -0.39 is 12.0 Å². The van der Waals surface area contributed by atoms with E-state index in [2.05, 4.69) is 9.97 Å². The number of aryl methyl sites for hydroxylation is 2. The fourth-order valence-corrected chi connectivity index (χ4v) is 6.77. The number of ether oxygens (including phenoxy) is 2. The fourth-order valence-electron chi connectivity index (χ4n) is 4.76. The summed E-state index contributed by atoms with van der Waals surface area (Å²) in [5.41, 5.74) is 2.84. The number of methoxy groups -OCH3 is 1. The van der Waals surface area contributed by atoms with Gasteiger partial charge in [-0.2, -0.15) is 0 Å². The molecule has 0 fully saturated rings. The number of benzene rings is 1. The first kappa shape index (κ1) is 29.8. The number of aromatic nitrogens is 3. The number of carbonyl (C=O) groups is 1. The first-order chi connectivity index (χ1) is 20.2. The molecule has 1 atom stereocenters. The summed E-state index contributed by atoms with van der Waals surface area (Å²) in [7, 11) is 1.53. The summed E-state index contributed by atoms with van der Waals surface area (Å²) in [5, 5.41) is 1.62. The van der Waals surface area contributed by atoms with E-state index in [0.29, 0.717) is 59.4 Å². The molecule has 0 unspecified atom stereocenters. The molecule has 4 heterocycles. The normalized spacial score (nSPS) is 15.0. The van der Waals surface area contributed by atoms with E-state index in [1.165, 1.54) is 34.8 Å². The van der Waals surface area contributed by atoms with Gasteiger partial charge in [0, 0.05) is 28.0 Å². The van der Waals surface area contributed by atoms with Gasteiger partial charge < -0.3 is 13.9 Å². The fraction of sp³-hybridized carbons (Fsp3) is 0.300. The average Bonchev–Trinajstić information content (AvgIpc) is 3.50. The highest BCUT2D eigenvalue weighted by Crippen LogP contribution is 2.38. The molecule has 3 aromatic heterocycles. The number of carbonyl (C=O) groups excluding carboxylic acids is 1. The third-order valence-corrected chi connectivity index (χ3v) is 8.41. The lowest BCUT2D eigenvalue weighted by molar-refractivity contribution is -0.139. The van der Waals surface area contributed by atoms with Crippen LogP contribution >= 0.6 is 34.7 Å². The first-order valence-electron chi connectivity index (χ1n) is 13.4. The van der Waals surface area contributed by atoms with E-state index in [-0.39, 0.29) is 12.2 Å². The minimum atomic E-state index is -0.845. The molecule has 0 spiro atoms. The second kappa shape index (κ2) is 12.7. The van der Waals surface area contributed by atoms with Gasteiger partial charge >= 0.3 is 5.97 Å². The number of allylic oxidation sites excluding steroid dienone is 1. The van der Waals surface area contributed by atoms with Crippen molar-refractivity contribution in [3.63, 3.8) is 0 Å². The number of hydrogen-bond donors (Lipinski definition) is 0. The highest BCUT2D eigenvalue weighted by atomic mass is 35.5. The maximum absolute atomic E-state index is 14.0. The zero-order valence-electron chi connectivity index (χ0n) is 23.8. The van der Waals surface area contributed by atoms with Crippen LogP contribution in [0.4, 0.5) is 0 Å². The van der Waals surface area contributed by atoms with Crippen molar-refractivity contribution in [2.45, 2.75) is 56.8 Å². The summed E-state index contributed by atoms with van der Waals surface area (Å²) in [5.74, 6) is 0.439. The van der Waals surface area contributed by atoms with Gasteiger partial charge in [0.15, 0.2) is 15.1 Å². The van der Waals surface area contributed by atoms with Crippen LogP contribution in [0.1, 0.15) is 55.4 Å². The summed E-state index contributed by atoms with van der Waals surface area (Å²) in [6.45, 7) is 7.75. The first-order valence-corrected chi connectivity index (χ1v) is 15.4. The van der Waals surface area contributed by atoms with Gasteiger partial charge in [-0.15, -0.1) is 0 Å². The SMILES string of the molecule is CCCC1=C(C(=O)OCC)[C@H](c2cc(Cl)ccc2OC)n2c(s/c(=C\c3ccc(Sc4nc(C)cc(C)n4)o3)c2=O)=N1. The van der Waals surface area contributed by atoms with Crippen molar-refractivity contribution in [3.05, 3.63) is 95.1 Å². The Labute approximate surface area is 255 Å². The third kappa shape index (κ3) is 6.08. The van der Waals surface area contributed by atoms with Crippen molar-refractivity contribution in [3.8, 4) is 5.75 Å². The molecule has 1 aliphatic rings. The smallest absolute Gasteiger partial charge is 0.338 e. The number of thiazole rings is 1. The Hall–Kier alpha value is -3.67. The molecule has 12 heteroatoms. The van der Waals surface area contributed by atoms with Crippen LogP contribution in [0.5, 0.6) is 5.75 Å². The van der Waals surface area contributed by atoms with E-state index in [4.69, 9.17) is 30.5 Å². The Morgan fingerprint density at radius 2 is 1.93 bits per heavy atom. The quantitative estimate of drug-likeness (QED) is 0.180. The molecular formula is C30H29ClN4O5S2. The topological polar surface area (TPSA) is 109 Å². The number of furan rings is 1. The number of hydrogen-bond acceptors (Lipinski definition) is 10. The summed E-state index contributed by atoms with van der Waals surface area (Å²) in [6, 6.07) is 9.78. The molecule has 0 saturated heterocycles. The van der Waals surface area contributed by atoms with Crippen LogP contribution in [-0.2, 0) is 9.53 Å². The van der Waals surface area contributed by atoms with Gasteiger partial charge in [-0.25, -0.2) is 19.8 Å². The largest absolute Gasteiger partial charge is 0.496 e. The van der Waals surface area contributed by atoms with Crippen LogP contribution in [0.3, 0.4) is 0 Å². The lowest BCUT2D eigenvalue weighted by atomic mass is 9.93. The molecule has 0 saturated carbocycles. The van der Waals surface area contributed by atoms with Gasteiger partial charge in [0.1, 0.15) is 17.6 Å². The number of rotatable bonds is 9. The van der Waals surface area contributed by atoms with E-state index in [0.717, 1.165) is 17.8 Å². The molecule has 0 aliphatic carbocycles. The Morgan fingerprint density at radius 1 is 1.17 bits per heavy atom. The van der Waals surface area contributed by atoms with Crippen molar-refractivity contribution in [1.29, 1.82) is 0 Å². The van der Waals surface area contributed by atoms with E-state index >= 15 is 0 Å². The van der Waals surface area contributed by atoms with Crippen LogP contribution in [0.2, 0.25) is 5.02 Å². The monoisotopic (exact) mass is 624 g/mol. The summed E-state index contributed by atoms with van der Waals surface area (Å²) >= 11 is 8.94. The molecule has 5 rings (SSSR count). The Kier molecular flexibility index (Phi) is 9.00. The molecule has 1 aromatic carbocycles. The second-order valence-electron chi connectivity index (χ2n) is 9.49. The predicted octanol–water partition coefficient (Wildman–Crippen LogP) is 5.39. The lowest BCUT2D eigenvalue weighted by Gasteiger charge is -2.27. The number of nitrogens with zero attached hydrogens (tertiary/aromatic N) is 4. The minimum absolute atomic E-state index is 0.178.